The van der Waals surface area contributed by atoms with Gasteiger partial charge in [0.25, 0.3) is 5.91 Å². The summed E-state index contributed by atoms with van der Waals surface area (Å²) in [6.07, 6.45) is 0. The number of nitrogens with one attached hydrogen (secondary N) is 2. The average Bonchev–Trinajstić information content (AvgIpc) is 2.56. The lowest BCUT2D eigenvalue weighted by atomic mass is 10.1. The summed E-state index contributed by atoms with van der Waals surface area (Å²) in [7, 11) is 5.83. The molecule has 0 aliphatic carbocycles. The molecule has 4 nitrogen and oxygen atoms in total. The van der Waals surface area contributed by atoms with Crippen molar-refractivity contribution in [2.75, 3.05) is 27.7 Å². The number of hydrogen-bond donors (Lipinski definition) is 2. The lowest BCUT2D eigenvalue weighted by molar-refractivity contribution is -0.890. The van der Waals surface area contributed by atoms with Crippen LogP contribution in [0.1, 0.15) is 22.0 Å². The lowest BCUT2D eigenvalue weighted by Gasteiger charge is -2.22. The van der Waals surface area contributed by atoms with Gasteiger partial charge >= 0.3 is 0 Å². The fourth-order valence-corrected chi connectivity index (χ4v) is 2.38. The van der Waals surface area contributed by atoms with Crippen molar-refractivity contribution in [3.63, 3.8) is 0 Å². The fraction of sp³-hybridized carbons (Fsp3) is 0.278. The minimum Gasteiger partial charge on any atom is -0.497 e. The molecule has 1 amide bonds. The first-order chi connectivity index (χ1) is 10.6. The van der Waals surface area contributed by atoms with Gasteiger partial charge in [0.15, 0.2) is 0 Å². The molecule has 2 N–H and O–H groups in total. The summed E-state index contributed by atoms with van der Waals surface area (Å²) < 4.78 is 5.19. The predicted molar refractivity (Wildman–Crippen MR) is 87.3 cm³/mol. The Balaban J connectivity index is 2.04. The lowest BCUT2D eigenvalue weighted by Crippen LogP contribution is -3.07. The molecule has 0 aliphatic heterocycles. The molecule has 1 atom stereocenters. The molecule has 0 bridgehead atoms. The van der Waals surface area contributed by atoms with E-state index in [1.165, 1.54) is 10.5 Å². The van der Waals surface area contributed by atoms with Gasteiger partial charge in [0.2, 0.25) is 0 Å². The number of ether oxygens (including phenoxy) is 1. The number of hydrogen-bond acceptors (Lipinski definition) is 2. The van der Waals surface area contributed by atoms with Crippen LogP contribution in [-0.2, 0) is 0 Å². The Hall–Kier alpha value is -2.33. The van der Waals surface area contributed by atoms with Crippen molar-refractivity contribution in [3.8, 4) is 5.75 Å². The molecule has 0 radical (unpaired) electrons. The summed E-state index contributed by atoms with van der Waals surface area (Å²) in [5.41, 5.74) is 1.86. The zero-order chi connectivity index (χ0) is 15.9. The van der Waals surface area contributed by atoms with E-state index in [4.69, 9.17) is 4.74 Å². The molecule has 0 aromatic heterocycles. The Morgan fingerprint density at radius 2 is 1.73 bits per heavy atom. The van der Waals surface area contributed by atoms with Gasteiger partial charge in [-0.3, -0.25) is 4.79 Å². The Kier molecular flexibility index (Phi) is 5.55. The van der Waals surface area contributed by atoms with E-state index in [9.17, 15) is 4.79 Å². The van der Waals surface area contributed by atoms with Crippen molar-refractivity contribution in [2.24, 2.45) is 0 Å². The molecule has 22 heavy (non-hydrogen) atoms. The SMILES string of the molecule is COc1ccc([C@@H](CNC(=O)c2ccccc2)[NH+](C)C)cc1. The van der Waals surface area contributed by atoms with E-state index in [1.807, 2.05) is 54.6 Å². The topological polar surface area (TPSA) is 42.8 Å². The van der Waals surface area contributed by atoms with E-state index in [0.717, 1.165) is 5.75 Å². The van der Waals surface area contributed by atoms with E-state index in [2.05, 4.69) is 19.4 Å². The van der Waals surface area contributed by atoms with Crippen LogP contribution in [0.2, 0.25) is 0 Å². The molecule has 0 heterocycles. The highest BCUT2D eigenvalue weighted by molar-refractivity contribution is 5.94. The second kappa shape index (κ2) is 7.61. The molecule has 116 valence electrons. The van der Waals surface area contributed by atoms with Crippen LogP contribution in [-0.4, -0.2) is 33.7 Å². The Morgan fingerprint density at radius 3 is 2.27 bits per heavy atom. The summed E-state index contributed by atoms with van der Waals surface area (Å²) in [5, 5.41) is 3.02. The third-order valence-corrected chi connectivity index (χ3v) is 3.72. The van der Waals surface area contributed by atoms with Crippen molar-refractivity contribution in [2.45, 2.75) is 6.04 Å². The van der Waals surface area contributed by atoms with Gasteiger partial charge < -0.3 is 15.0 Å². The maximum atomic E-state index is 12.2. The maximum Gasteiger partial charge on any atom is 0.251 e. The molecular weight excluding hydrogens is 276 g/mol. The number of carbonyl (C=O) groups is 1. The smallest absolute Gasteiger partial charge is 0.251 e. The molecule has 0 spiro atoms. The minimum atomic E-state index is -0.0413. The highest BCUT2D eigenvalue weighted by Crippen LogP contribution is 2.15. The van der Waals surface area contributed by atoms with Crippen molar-refractivity contribution >= 4 is 5.91 Å². The minimum absolute atomic E-state index is 0.0413. The molecule has 4 heteroatoms. The Labute approximate surface area is 131 Å². The van der Waals surface area contributed by atoms with E-state index in [0.29, 0.717) is 12.1 Å². The number of benzene rings is 2. The first kappa shape index (κ1) is 16.0. The van der Waals surface area contributed by atoms with Crippen LogP contribution in [0, 0.1) is 0 Å². The Morgan fingerprint density at radius 1 is 1.09 bits per heavy atom. The largest absolute Gasteiger partial charge is 0.497 e. The van der Waals surface area contributed by atoms with Crippen LogP contribution in [0.4, 0.5) is 0 Å². The fourth-order valence-electron chi connectivity index (χ4n) is 2.38. The third-order valence-electron chi connectivity index (χ3n) is 3.72. The maximum absolute atomic E-state index is 12.2. The normalized spacial score (nSPS) is 12.0. The molecule has 2 rings (SSSR count). The molecule has 0 aliphatic rings. The number of carbonyl (C=O) groups excluding carboxylic acids is 1. The van der Waals surface area contributed by atoms with Crippen LogP contribution in [0.25, 0.3) is 0 Å². The zero-order valence-electron chi connectivity index (χ0n) is 13.3. The second-order valence-electron chi connectivity index (χ2n) is 5.48. The monoisotopic (exact) mass is 299 g/mol. The zero-order valence-corrected chi connectivity index (χ0v) is 13.3. The molecule has 2 aromatic rings. The van der Waals surface area contributed by atoms with Gasteiger partial charge in [-0.2, -0.15) is 0 Å². The van der Waals surface area contributed by atoms with E-state index < -0.39 is 0 Å². The van der Waals surface area contributed by atoms with Gasteiger partial charge in [0, 0.05) is 11.1 Å². The number of amides is 1. The average molecular weight is 299 g/mol. The van der Waals surface area contributed by atoms with Crippen LogP contribution < -0.4 is 15.0 Å². The van der Waals surface area contributed by atoms with E-state index >= 15 is 0 Å². The first-order valence-corrected chi connectivity index (χ1v) is 7.39. The molecule has 0 fully saturated rings. The summed E-state index contributed by atoms with van der Waals surface area (Å²) in [5.74, 6) is 0.796. The standard InChI is InChI=1S/C18H22N2O2/c1-20(2)17(14-9-11-16(22-3)12-10-14)13-19-18(21)15-7-5-4-6-8-15/h4-12,17H,13H2,1-3H3,(H,19,21)/p+1/t17-/m1/s1. The van der Waals surface area contributed by atoms with Gasteiger partial charge in [0.05, 0.1) is 27.7 Å². The van der Waals surface area contributed by atoms with Gasteiger partial charge in [-0.05, 0) is 36.4 Å². The van der Waals surface area contributed by atoms with Gasteiger partial charge in [-0.25, -0.2) is 0 Å². The summed E-state index contributed by atoms with van der Waals surface area (Å²) in [6.45, 7) is 0.586. The molecule has 0 saturated carbocycles. The first-order valence-electron chi connectivity index (χ1n) is 7.39. The van der Waals surface area contributed by atoms with Crippen LogP contribution in [0.5, 0.6) is 5.75 Å². The third kappa shape index (κ3) is 4.09. The van der Waals surface area contributed by atoms with Crippen molar-refractivity contribution in [3.05, 3.63) is 65.7 Å². The van der Waals surface area contributed by atoms with E-state index in [-0.39, 0.29) is 11.9 Å². The number of methoxy groups -OCH3 is 1. The number of likely N-dealkylation sites (N-methyl/N-ethyl adjacent to an activating group) is 1. The highest BCUT2D eigenvalue weighted by Gasteiger charge is 2.19. The number of quaternary nitrogens is 1. The van der Waals surface area contributed by atoms with Gasteiger partial charge in [-0.15, -0.1) is 0 Å². The highest BCUT2D eigenvalue weighted by atomic mass is 16.5. The number of rotatable bonds is 6. The molecule has 0 unspecified atom stereocenters. The second-order valence-corrected chi connectivity index (χ2v) is 5.48. The van der Waals surface area contributed by atoms with Crippen LogP contribution in [0.3, 0.4) is 0 Å². The quantitative estimate of drug-likeness (QED) is 0.844. The van der Waals surface area contributed by atoms with Crippen molar-refractivity contribution in [1.29, 1.82) is 0 Å². The molecule has 2 aromatic carbocycles. The molecular formula is C18H23N2O2+. The molecule has 0 saturated heterocycles. The van der Waals surface area contributed by atoms with Gasteiger partial charge in [0.1, 0.15) is 11.8 Å². The Bertz CT molecular complexity index is 594. The summed E-state index contributed by atoms with van der Waals surface area (Å²) in [6, 6.07) is 17.5. The van der Waals surface area contributed by atoms with Crippen LogP contribution in [0.15, 0.2) is 54.6 Å². The summed E-state index contributed by atoms with van der Waals surface area (Å²) in [4.78, 5) is 13.4. The van der Waals surface area contributed by atoms with Crippen molar-refractivity contribution < 1.29 is 14.4 Å². The van der Waals surface area contributed by atoms with Gasteiger partial charge in [-0.1, -0.05) is 18.2 Å². The van der Waals surface area contributed by atoms with Crippen LogP contribution >= 0.6 is 0 Å². The summed E-state index contributed by atoms with van der Waals surface area (Å²) >= 11 is 0. The van der Waals surface area contributed by atoms with E-state index in [1.54, 1.807) is 7.11 Å². The predicted octanol–water partition coefficient (Wildman–Crippen LogP) is 1.31. The van der Waals surface area contributed by atoms with Crippen molar-refractivity contribution in [1.82, 2.24) is 5.32 Å².